The normalized spacial score (nSPS) is 12.8. The molecule has 0 spiro atoms. The first-order valence-electron chi connectivity index (χ1n) is 9.05. The van der Waals surface area contributed by atoms with Gasteiger partial charge in [-0.3, -0.25) is 24.2 Å². The van der Waals surface area contributed by atoms with Gasteiger partial charge in [-0.2, -0.15) is 0 Å². The van der Waals surface area contributed by atoms with Gasteiger partial charge in [-0.05, 0) is 43.3 Å². The largest absolute Gasteiger partial charge is 0.288 e. The molecule has 144 valence electrons. The van der Waals surface area contributed by atoms with Crippen LogP contribution in [0.25, 0.3) is 0 Å². The SMILES string of the molecule is Cc1ccc(C(=O)N(CN2C(=O)c3ccccc3C2=O)c2ccccc2Cl)cc1. The number of carbonyl (C=O) groups excluding carboxylic acids is 3. The summed E-state index contributed by atoms with van der Waals surface area (Å²) in [6, 6.07) is 20.6. The van der Waals surface area contributed by atoms with Crippen LogP contribution in [-0.4, -0.2) is 29.3 Å². The summed E-state index contributed by atoms with van der Waals surface area (Å²) in [4.78, 5) is 41.3. The number of benzene rings is 3. The summed E-state index contributed by atoms with van der Waals surface area (Å²) in [6.07, 6.45) is 0. The van der Waals surface area contributed by atoms with Crippen LogP contribution in [0.15, 0.2) is 72.8 Å². The van der Waals surface area contributed by atoms with Gasteiger partial charge in [0.25, 0.3) is 17.7 Å². The number of imide groups is 1. The molecule has 0 atom stereocenters. The van der Waals surface area contributed by atoms with E-state index in [-0.39, 0.29) is 12.6 Å². The van der Waals surface area contributed by atoms with E-state index in [1.165, 1.54) is 4.90 Å². The third-order valence-electron chi connectivity index (χ3n) is 4.85. The lowest BCUT2D eigenvalue weighted by atomic mass is 10.1. The van der Waals surface area contributed by atoms with Crippen LogP contribution in [-0.2, 0) is 0 Å². The lowest BCUT2D eigenvalue weighted by Crippen LogP contribution is -2.44. The van der Waals surface area contributed by atoms with Crippen molar-refractivity contribution in [3.8, 4) is 0 Å². The minimum atomic E-state index is -0.431. The maximum atomic E-state index is 13.3. The Morgan fingerprint density at radius 3 is 2.00 bits per heavy atom. The predicted molar refractivity (Wildman–Crippen MR) is 111 cm³/mol. The van der Waals surface area contributed by atoms with Gasteiger partial charge in [-0.25, -0.2) is 0 Å². The second-order valence-corrected chi connectivity index (χ2v) is 7.18. The highest BCUT2D eigenvalue weighted by atomic mass is 35.5. The van der Waals surface area contributed by atoms with Crippen molar-refractivity contribution >= 4 is 35.0 Å². The minimum Gasteiger partial charge on any atom is -0.288 e. The van der Waals surface area contributed by atoms with E-state index >= 15 is 0 Å². The standard InChI is InChI=1S/C23H17ClN2O3/c1-15-10-12-16(13-11-15)21(27)25(20-9-5-4-8-19(20)24)14-26-22(28)17-6-2-3-7-18(17)23(26)29/h2-13H,14H2,1H3. The number of amides is 3. The van der Waals surface area contributed by atoms with Crippen LogP contribution in [0.3, 0.4) is 0 Å². The number of carbonyl (C=O) groups is 3. The third-order valence-corrected chi connectivity index (χ3v) is 5.17. The minimum absolute atomic E-state index is 0.233. The van der Waals surface area contributed by atoms with Crippen LogP contribution in [0.5, 0.6) is 0 Å². The van der Waals surface area contributed by atoms with Crippen molar-refractivity contribution < 1.29 is 14.4 Å². The third kappa shape index (κ3) is 3.41. The van der Waals surface area contributed by atoms with Crippen molar-refractivity contribution in [3.05, 3.63) is 100 Å². The molecule has 29 heavy (non-hydrogen) atoms. The quantitative estimate of drug-likeness (QED) is 0.599. The summed E-state index contributed by atoms with van der Waals surface area (Å²) in [7, 11) is 0. The summed E-state index contributed by atoms with van der Waals surface area (Å²) in [5.41, 5.74) is 2.55. The highest BCUT2D eigenvalue weighted by Gasteiger charge is 2.37. The Bertz CT molecular complexity index is 1090. The van der Waals surface area contributed by atoms with E-state index in [1.54, 1.807) is 60.7 Å². The van der Waals surface area contributed by atoms with E-state index in [2.05, 4.69) is 0 Å². The van der Waals surface area contributed by atoms with Crippen LogP contribution in [0.4, 0.5) is 5.69 Å². The average molecular weight is 405 g/mol. The Hall–Kier alpha value is -3.44. The number of hydrogen-bond donors (Lipinski definition) is 0. The van der Waals surface area contributed by atoms with Gasteiger partial charge in [0.05, 0.1) is 21.8 Å². The summed E-state index contributed by atoms with van der Waals surface area (Å²) in [5, 5.41) is 0.351. The number of anilines is 1. The Balaban J connectivity index is 1.73. The Morgan fingerprint density at radius 2 is 1.41 bits per heavy atom. The smallest absolute Gasteiger partial charge is 0.263 e. The number of para-hydroxylation sites is 1. The second-order valence-electron chi connectivity index (χ2n) is 6.78. The predicted octanol–water partition coefficient (Wildman–Crippen LogP) is 4.55. The fraction of sp³-hybridized carbons (Fsp3) is 0.0870. The number of halogens is 1. The molecule has 1 aliphatic rings. The molecule has 4 rings (SSSR count). The first kappa shape index (κ1) is 18.9. The van der Waals surface area contributed by atoms with E-state index in [4.69, 9.17) is 11.6 Å². The molecule has 0 aliphatic carbocycles. The fourth-order valence-corrected chi connectivity index (χ4v) is 3.52. The van der Waals surface area contributed by atoms with Crippen LogP contribution < -0.4 is 4.90 Å². The first-order chi connectivity index (χ1) is 14.0. The van der Waals surface area contributed by atoms with Crippen molar-refractivity contribution in [2.75, 3.05) is 11.6 Å². The van der Waals surface area contributed by atoms with Crippen molar-refractivity contribution in [2.45, 2.75) is 6.92 Å². The Kier molecular flexibility index (Phi) is 4.91. The molecule has 0 saturated heterocycles. The number of hydrogen-bond acceptors (Lipinski definition) is 3. The molecule has 3 aromatic carbocycles. The van der Waals surface area contributed by atoms with E-state index in [0.29, 0.717) is 27.4 Å². The van der Waals surface area contributed by atoms with E-state index < -0.39 is 11.8 Å². The topological polar surface area (TPSA) is 57.7 Å². The van der Waals surface area contributed by atoms with Crippen molar-refractivity contribution in [3.63, 3.8) is 0 Å². The number of aryl methyl sites for hydroxylation is 1. The van der Waals surface area contributed by atoms with Crippen LogP contribution in [0, 0.1) is 6.92 Å². The molecule has 3 amide bonds. The fourth-order valence-electron chi connectivity index (χ4n) is 3.28. The molecule has 0 N–H and O–H groups in total. The molecule has 0 radical (unpaired) electrons. The van der Waals surface area contributed by atoms with Gasteiger partial charge in [0.1, 0.15) is 6.67 Å². The van der Waals surface area contributed by atoms with Crippen LogP contribution in [0.1, 0.15) is 36.6 Å². The lowest BCUT2D eigenvalue weighted by molar-refractivity contribution is 0.0650. The first-order valence-corrected chi connectivity index (χ1v) is 9.43. The molecule has 5 nitrogen and oxygen atoms in total. The van der Waals surface area contributed by atoms with Gasteiger partial charge in [-0.1, -0.05) is 53.6 Å². The number of fused-ring (bicyclic) bond motifs is 1. The van der Waals surface area contributed by atoms with E-state index in [9.17, 15) is 14.4 Å². The lowest BCUT2D eigenvalue weighted by Gasteiger charge is -2.28. The van der Waals surface area contributed by atoms with E-state index in [0.717, 1.165) is 10.5 Å². The maximum absolute atomic E-state index is 13.3. The zero-order valence-electron chi connectivity index (χ0n) is 15.6. The molecular weight excluding hydrogens is 388 g/mol. The molecule has 1 aliphatic heterocycles. The van der Waals surface area contributed by atoms with Gasteiger partial charge in [0.2, 0.25) is 0 Å². The molecule has 0 aromatic heterocycles. The molecule has 0 saturated carbocycles. The second kappa shape index (κ2) is 7.53. The number of nitrogens with zero attached hydrogens (tertiary/aromatic N) is 2. The van der Waals surface area contributed by atoms with Crippen LogP contribution >= 0.6 is 11.6 Å². The monoisotopic (exact) mass is 404 g/mol. The molecule has 3 aromatic rings. The summed E-state index contributed by atoms with van der Waals surface area (Å²) in [6.45, 7) is 1.70. The highest BCUT2D eigenvalue weighted by Crippen LogP contribution is 2.29. The van der Waals surface area contributed by atoms with Crippen molar-refractivity contribution in [1.82, 2.24) is 4.90 Å². The highest BCUT2D eigenvalue weighted by molar-refractivity contribution is 6.34. The molecule has 0 bridgehead atoms. The molecule has 6 heteroatoms. The zero-order chi connectivity index (χ0) is 20.5. The molecule has 0 fully saturated rings. The summed E-state index contributed by atoms with van der Waals surface area (Å²) >= 11 is 6.34. The molecule has 1 heterocycles. The summed E-state index contributed by atoms with van der Waals surface area (Å²) in [5.74, 6) is -1.21. The average Bonchev–Trinajstić information content (AvgIpc) is 2.97. The van der Waals surface area contributed by atoms with Gasteiger partial charge in [0, 0.05) is 5.56 Å². The van der Waals surface area contributed by atoms with Crippen molar-refractivity contribution in [2.24, 2.45) is 0 Å². The molecular formula is C23H17ClN2O3. The Labute approximate surface area is 173 Å². The number of rotatable bonds is 4. The molecule has 0 unspecified atom stereocenters. The zero-order valence-corrected chi connectivity index (χ0v) is 16.4. The summed E-state index contributed by atoms with van der Waals surface area (Å²) < 4.78 is 0. The van der Waals surface area contributed by atoms with Gasteiger partial charge in [0.15, 0.2) is 0 Å². The Morgan fingerprint density at radius 1 is 0.862 bits per heavy atom. The van der Waals surface area contributed by atoms with Gasteiger partial charge in [-0.15, -0.1) is 0 Å². The van der Waals surface area contributed by atoms with Crippen LogP contribution in [0.2, 0.25) is 5.02 Å². The van der Waals surface area contributed by atoms with Gasteiger partial charge >= 0.3 is 0 Å². The van der Waals surface area contributed by atoms with E-state index in [1.807, 2.05) is 19.1 Å². The van der Waals surface area contributed by atoms with Crippen molar-refractivity contribution in [1.29, 1.82) is 0 Å². The van der Waals surface area contributed by atoms with Gasteiger partial charge < -0.3 is 0 Å². The maximum Gasteiger partial charge on any atom is 0.263 e.